The summed E-state index contributed by atoms with van der Waals surface area (Å²) in [5.41, 5.74) is 0.898. The van der Waals surface area contributed by atoms with Crippen molar-refractivity contribution in [2.45, 2.75) is 26.9 Å². The average molecular weight is 421 g/mol. The molecule has 146 valence electrons. The van der Waals surface area contributed by atoms with Gasteiger partial charge in [0.15, 0.2) is 23.4 Å². The van der Waals surface area contributed by atoms with E-state index in [1.54, 1.807) is 6.92 Å². The minimum absolute atomic E-state index is 0.229. The number of aromatic amines is 1. The van der Waals surface area contributed by atoms with Gasteiger partial charge in [0.05, 0.1) is 16.0 Å². The second-order valence-electron chi connectivity index (χ2n) is 6.44. The van der Waals surface area contributed by atoms with Crippen LogP contribution in [0.3, 0.4) is 0 Å². The summed E-state index contributed by atoms with van der Waals surface area (Å²) in [6, 6.07) is 3.00. The predicted octanol–water partition coefficient (Wildman–Crippen LogP) is 3.94. The van der Waals surface area contributed by atoms with Gasteiger partial charge in [0.1, 0.15) is 18.0 Å². The number of hydrogen-bond acceptors (Lipinski definition) is 7. The molecule has 3 aromatic rings. The number of nitrogens with zero attached hydrogens (tertiary/aromatic N) is 1. The number of nitrogens with one attached hydrogen (secondary N) is 1. The van der Waals surface area contributed by atoms with Crippen LogP contribution in [-0.2, 0) is 4.74 Å². The van der Waals surface area contributed by atoms with Gasteiger partial charge in [-0.05, 0) is 38.5 Å². The summed E-state index contributed by atoms with van der Waals surface area (Å²) in [4.78, 5) is 33.8. The molecule has 0 amide bonds. The van der Waals surface area contributed by atoms with Crippen LogP contribution >= 0.6 is 22.9 Å². The van der Waals surface area contributed by atoms with Crippen molar-refractivity contribution in [1.82, 2.24) is 9.97 Å². The Bertz CT molecular complexity index is 1150. The second kappa shape index (κ2) is 7.10. The lowest BCUT2D eigenvalue weighted by Crippen LogP contribution is -2.18. The highest BCUT2D eigenvalue weighted by molar-refractivity contribution is 7.18. The Hall–Kier alpha value is -2.58. The van der Waals surface area contributed by atoms with Gasteiger partial charge in [0.2, 0.25) is 0 Å². The van der Waals surface area contributed by atoms with Gasteiger partial charge in [-0.2, -0.15) is 0 Å². The third-order valence-corrected chi connectivity index (χ3v) is 5.94. The molecule has 0 saturated heterocycles. The molecule has 9 heteroatoms. The number of rotatable bonds is 3. The van der Waals surface area contributed by atoms with Crippen molar-refractivity contribution in [3.63, 3.8) is 0 Å². The fraction of sp³-hybridized carbons (Fsp3) is 0.316. The van der Waals surface area contributed by atoms with Crippen molar-refractivity contribution in [3.05, 3.63) is 49.3 Å². The van der Waals surface area contributed by atoms with Crippen molar-refractivity contribution in [3.8, 4) is 11.5 Å². The van der Waals surface area contributed by atoms with Gasteiger partial charge in [0.25, 0.3) is 5.56 Å². The number of aryl methyl sites for hydroxylation is 2. The molecule has 0 radical (unpaired) electrons. The summed E-state index contributed by atoms with van der Waals surface area (Å²) in [5, 5.41) is 0.845. The first-order chi connectivity index (χ1) is 13.3. The number of hydrogen-bond donors (Lipinski definition) is 1. The van der Waals surface area contributed by atoms with Crippen molar-refractivity contribution in [2.75, 3.05) is 13.2 Å². The largest absolute Gasteiger partial charge is 0.486 e. The second-order valence-corrected chi connectivity index (χ2v) is 8.05. The minimum Gasteiger partial charge on any atom is -0.486 e. The van der Waals surface area contributed by atoms with E-state index >= 15 is 0 Å². The quantitative estimate of drug-likeness (QED) is 0.645. The first-order valence-electron chi connectivity index (χ1n) is 8.65. The maximum absolute atomic E-state index is 12.6. The zero-order valence-corrected chi connectivity index (χ0v) is 17.0. The molecule has 1 aliphatic heterocycles. The molecule has 0 saturated carbocycles. The summed E-state index contributed by atoms with van der Waals surface area (Å²) < 4.78 is 16.4. The summed E-state index contributed by atoms with van der Waals surface area (Å²) in [6.07, 6.45) is -0.751. The van der Waals surface area contributed by atoms with Gasteiger partial charge in [0, 0.05) is 4.88 Å². The molecule has 28 heavy (non-hydrogen) atoms. The van der Waals surface area contributed by atoms with Gasteiger partial charge in [-0.3, -0.25) is 4.79 Å². The van der Waals surface area contributed by atoms with E-state index in [1.165, 1.54) is 23.5 Å². The fourth-order valence-electron chi connectivity index (χ4n) is 2.98. The number of esters is 1. The molecule has 0 fully saturated rings. The van der Waals surface area contributed by atoms with E-state index in [9.17, 15) is 9.59 Å². The maximum atomic E-state index is 12.6. The van der Waals surface area contributed by atoms with Gasteiger partial charge in [-0.15, -0.1) is 11.3 Å². The van der Waals surface area contributed by atoms with Crippen LogP contribution in [0.4, 0.5) is 0 Å². The van der Waals surface area contributed by atoms with E-state index in [2.05, 4.69) is 9.97 Å². The summed E-state index contributed by atoms with van der Waals surface area (Å²) >= 11 is 7.61. The van der Waals surface area contributed by atoms with Gasteiger partial charge in [-0.1, -0.05) is 11.6 Å². The molecule has 3 heterocycles. The zero-order chi connectivity index (χ0) is 20.0. The predicted molar refractivity (Wildman–Crippen MR) is 106 cm³/mol. The topological polar surface area (TPSA) is 90.5 Å². The van der Waals surface area contributed by atoms with Gasteiger partial charge < -0.3 is 19.2 Å². The number of ether oxygens (including phenoxy) is 3. The third-order valence-electron chi connectivity index (χ3n) is 4.56. The molecule has 2 aromatic heterocycles. The highest BCUT2D eigenvalue weighted by Gasteiger charge is 2.23. The molecule has 1 N–H and O–H groups in total. The molecular formula is C19H17ClN2O5S. The number of carbonyl (C=O) groups is 1. The van der Waals surface area contributed by atoms with Crippen LogP contribution in [0.5, 0.6) is 11.5 Å². The van der Waals surface area contributed by atoms with Crippen molar-refractivity contribution < 1.29 is 19.0 Å². The van der Waals surface area contributed by atoms with Gasteiger partial charge >= 0.3 is 5.97 Å². The molecule has 1 unspecified atom stereocenters. The highest BCUT2D eigenvalue weighted by Crippen LogP contribution is 2.38. The molecule has 7 nitrogen and oxygen atoms in total. The normalized spacial score (nSPS) is 14.1. The zero-order valence-electron chi connectivity index (χ0n) is 15.4. The van der Waals surface area contributed by atoms with Crippen LogP contribution in [-0.4, -0.2) is 29.2 Å². The SMILES string of the molecule is Cc1sc2nc(C(C)OC(=O)c3cc(Cl)c4c(c3)OCCO4)[nH]c(=O)c2c1C. The number of carbonyl (C=O) groups excluding carboxylic acids is 1. The Morgan fingerprint density at radius 1 is 1.32 bits per heavy atom. The molecule has 0 spiro atoms. The molecule has 1 atom stereocenters. The first-order valence-corrected chi connectivity index (χ1v) is 9.84. The summed E-state index contributed by atoms with van der Waals surface area (Å²) in [5.74, 6) is 0.497. The van der Waals surface area contributed by atoms with Crippen LogP contribution in [0.25, 0.3) is 10.2 Å². The van der Waals surface area contributed by atoms with Crippen molar-refractivity contribution in [2.24, 2.45) is 0 Å². The summed E-state index contributed by atoms with van der Waals surface area (Å²) in [7, 11) is 0. The standard InChI is InChI=1S/C19H17ClN2O5S/c1-8-10(3)28-18-14(8)17(23)21-16(22-18)9(2)27-19(24)11-6-12(20)15-13(7-11)25-4-5-26-15/h6-7,9H,4-5H2,1-3H3,(H,21,22,23). The number of benzene rings is 1. The number of thiophene rings is 1. The van der Waals surface area contributed by atoms with E-state index in [1.807, 2.05) is 13.8 Å². The molecule has 1 aliphatic rings. The molecule has 1 aromatic carbocycles. The van der Waals surface area contributed by atoms with Crippen LogP contribution < -0.4 is 15.0 Å². The molecule has 0 bridgehead atoms. The first kappa shape index (κ1) is 18.8. The maximum Gasteiger partial charge on any atom is 0.339 e. The van der Waals surface area contributed by atoms with Gasteiger partial charge in [-0.25, -0.2) is 9.78 Å². The lowest BCUT2D eigenvalue weighted by Gasteiger charge is -2.20. The van der Waals surface area contributed by atoms with Crippen LogP contribution in [0.15, 0.2) is 16.9 Å². The Kier molecular flexibility index (Phi) is 4.76. The Balaban J connectivity index is 1.61. The van der Waals surface area contributed by atoms with E-state index in [0.29, 0.717) is 34.9 Å². The number of halogens is 1. The van der Waals surface area contributed by atoms with Crippen LogP contribution in [0.2, 0.25) is 5.02 Å². The Labute approximate surface area is 169 Å². The minimum atomic E-state index is -0.751. The van der Waals surface area contributed by atoms with E-state index in [4.69, 9.17) is 25.8 Å². The Morgan fingerprint density at radius 3 is 2.86 bits per heavy atom. The van der Waals surface area contributed by atoms with E-state index in [0.717, 1.165) is 10.4 Å². The van der Waals surface area contributed by atoms with Crippen LogP contribution in [0, 0.1) is 13.8 Å². The number of H-pyrrole nitrogens is 1. The van der Waals surface area contributed by atoms with E-state index in [-0.39, 0.29) is 22.0 Å². The number of aromatic nitrogens is 2. The highest BCUT2D eigenvalue weighted by atomic mass is 35.5. The molecular weight excluding hydrogens is 404 g/mol. The van der Waals surface area contributed by atoms with Crippen molar-refractivity contribution in [1.29, 1.82) is 0 Å². The fourth-order valence-corrected chi connectivity index (χ4v) is 4.28. The monoisotopic (exact) mass is 420 g/mol. The lowest BCUT2D eigenvalue weighted by molar-refractivity contribution is 0.0319. The van der Waals surface area contributed by atoms with E-state index < -0.39 is 12.1 Å². The molecule has 4 rings (SSSR count). The van der Waals surface area contributed by atoms with Crippen molar-refractivity contribution >= 4 is 39.1 Å². The molecule has 0 aliphatic carbocycles. The Morgan fingerprint density at radius 2 is 2.07 bits per heavy atom. The van der Waals surface area contributed by atoms with Crippen LogP contribution in [0.1, 0.15) is 39.7 Å². The average Bonchev–Trinajstić information content (AvgIpc) is 2.96. The lowest BCUT2D eigenvalue weighted by atomic mass is 10.2. The summed E-state index contributed by atoms with van der Waals surface area (Å²) in [6.45, 7) is 6.25. The smallest absolute Gasteiger partial charge is 0.339 e. The number of fused-ring (bicyclic) bond motifs is 2. The third kappa shape index (κ3) is 3.22.